The van der Waals surface area contributed by atoms with Crippen molar-refractivity contribution >= 4 is 31.4 Å². The number of nitrogens with two attached hydrogens (primary N) is 1. The molecule has 4 N–H and O–H groups in total. The van der Waals surface area contributed by atoms with Crippen molar-refractivity contribution in [1.82, 2.24) is 10.6 Å². The fraction of sp³-hybridized carbons (Fsp3) is 0.579. The molecule has 2 rings (SSSR count). The van der Waals surface area contributed by atoms with Gasteiger partial charge < -0.3 is 25.3 Å². The predicted octanol–water partition coefficient (Wildman–Crippen LogP) is 6.09. The Labute approximate surface area is 308 Å². The zero-order valence-electron chi connectivity index (χ0n) is 31.5. The van der Waals surface area contributed by atoms with Crippen LogP contribution >= 0.6 is 7.60 Å². The molecule has 0 bridgehead atoms. The summed E-state index contributed by atoms with van der Waals surface area (Å²) in [4.78, 5) is 50.4. The van der Waals surface area contributed by atoms with Gasteiger partial charge in [-0.05, 0) is 48.9 Å². The summed E-state index contributed by atoms with van der Waals surface area (Å²) in [6.07, 6.45) is -0.344. The average Bonchev–Trinajstić information content (AvgIpc) is 3.13. The summed E-state index contributed by atoms with van der Waals surface area (Å²) in [6, 6.07) is 16.6. The molecule has 0 aliphatic carbocycles. The first-order valence-electron chi connectivity index (χ1n) is 18.2. The predicted molar refractivity (Wildman–Crippen MR) is 199 cm³/mol. The van der Waals surface area contributed by atoms with Crippen LogP contribution in [0, 0.1) is 11.8 Å². The van der Waals surface area contributed by atoms with Gasteiger partial charge in [-0.2, -0.15) is 0 Å². The highest BCUT2D eigenvalue weighted by Gasteiger charge is 2.38. The highest BCUT2D eigenvalue weighted by Crippen LogP contribution is 2.51. The van der Waals surface area contributed by atoms with Gasteiger partial charge >= 0.3 is 25.5 Å². The normalized spacial score (nSPS) is 14.2. The Kier molecular flexibility index (Phi) is 20.4. The molecule has 2 aromatic rings. The number of carbonyl (C=O) groups is 4. The van der Waals surface area contributed by atoms with E-state index in [0.717, 1.165) is 29.5 Å². The van der Waals surface area contributed by atoms with Gasteiger partial charge in [-0.15, -0.1) is 0 Å². The van der Waals surface area contributed by atoms with Crippen LogP contribution in [0.3, 0.4) is 0 Å². The van der Waals surface area contributed by atoms with Crippen molar-refractivity contribution in [2.75, 3.05) is 26.0 Å². The van der Waals surface area contributed by atoms with E-state index < -0.39 is 68.2 Å². The van der Waals surface area contributed by atoms with E-state index in [1.54, 1.807) is 41.5 Å². The molecule has 0 aliphatic rings. The van der Waals surface area contributed by atoms with Gasteiger partial charge in [-0.1, -0.05) is 96.1 Å². The molecule has 3 atom stereocenters. The topological polar surface area (TPSA) is 182 Å². The number of rotatable bonds is 25. The zero-order valence-corrected chi connectivity index (χ0v) is 32.4. The van der Waals surface area contributed by atoms with Gasteiger partial charge in [-0.3, -0.25) is 38.1 Å². The Hall–Kier alpha value is -3.61. The largest absolute Gasteiger partial charge is 0.466 e. The van der Waals surface area contributed by atoms with Gasteiger partial charge in [-0.25, -0.2) is 0 Å². The second-order valence-electron chi connectivity index (χ2n) is 13.0. The molecule has 13 nitrogen and oxygen atoms in total. The van der Waals surface area contributed by atoms with E-state index in [4.69, 9.17) is 29.0 Å². The van der Waals surface area contributed by atoms with E-state index in [0.29, 0.717) is 13.0 Å². The van der Waals surface area contributed by atoms with Crippen molar-refractivity contribution in [1.29, 1.82) is 0 Å². The third kappa shape index (κ3) is 16.8. The molecule has 0 aliphatic heterocycles. The van der Waals surface area contributed by atoms with Crippen LogP contribution in [0.4, 0.5) is 0 Å². The molecule has 0 heterocycles. The molecule has 0 saturated carbocycles. The summed E-state index contributed by atoms with van der Waals surface area (Å²) in [5.74, 6) is -2.90. The molecule has 0 aromatic heterocycles. The van der Waals surface area contributed by atoms with Crippen molar-refractivity contribution in [2.24, 2.45) is 17.6 Å². The Morgan fingerprint density at radius 3 is 1.83 bits per heavy atom. The third-order valence-electron chi connectivity index (χ3n) is 7.78. The van der Waals surface area contributed by atoms with E-state index in [1.165, 1.54) is 0 Å². The first-order valence-corrected chi connectivity index (χ1v) is 19.9. The second kappa shape index (κ2) is 23.9. The highest BCUT2D eigenvalue weighted by molar-refractivity contribution is 7.53. The quantitative estimate of drug-likeness (QED) is 0.0350. The van der Waals surface area contributed by atoms with Gasteiger partial charge in [0.25, 0.3) is 0 Å². The van der Waals surface area contributed by atoms with Crippen molar-refractivity contribution in [2.45, 2.75) is 105 Å². The van der Waals surface area contributed by atoms with Crippen LogP contribution in [0.15, 0.2) is 54.6 Å². The van der Waals surface area contributed by atoms with Crippen LogP contribution in [-0.2, 0) is 53.4 Å². The van der Waals surface area contributed by atoms with Crippen LogP contribution in [0.25, 0.3) is 11.1 Å². The summed E-state index contributed by atoms with van der Waals surface area (Å²) in [5, 5.41) is 5.81. The third-order valence-corrected chi connectivity index (χ3v) is 9.41. The fourth-order valence-corrected chi connectivity index (χ4v) is 6.52. The first kappa shape index (κ1) is 44.6. The van der Waals surface area contributed by atoms with E-state index in [1.807, 2.05) is 54.6 Å². The number of amides is 1. The number of esters is 3. The molecular formula is C38H58N3O10P. The molecular weight excluding hydrogens is 689 g/mol. The molecule has 52 heavy (non-hydrogen) atoms. The minimum atomic E-state index is -4.31. The number of carbonyl (C=O) groups excluding carboxylic acids is 4. The summed E-state index contributed by atoms with van der Waals surface area (Å²) in [5.41, 5.74) is 8.34. The van der Waals surface area contributed by atoms with Gasteiger partial charge in [0, 0.05) is 31.2 Å². The Balaban J connectivity index is 2.33. The molecule has 290 valence electrons. The van der Waals surface area contributed by atoms with Crippen LogP contribution in [0.5, 0.6) is 0 Å². The molecule has 0 spiro atoms. The standard InChI is InChI=1S/C38H58N3O10P/c1-7-33(42)48-37(27(3)4)50-52(46,51-38(28(5)6)49-34(43)8-2)26-41-32(36(45)40-23-21-35(44)47-24-14-10-13-22-39)25-29-17-19-31(20-18-29)30-15-11-9-12-16-30/h9,11-12,15-20,27-28,32,37-38,41H,7-8,10,13-14,21-26,39H2,1-6H3,(H,40,45). The Bertz CT molecular complexity index is 1390. The van der Waals surface area contributed by atoms with Crippen LogP contribution < -0.4 is 16.4 Å². The lowest BCUT2D eigenvalue weighted by Crippen LogP contribution is -2.47. The lowest BCUT2D eigenvalue weighted by Gasteiger charge is -2.31. The van der Waals surface area contributed by atoms with Crippen LogP contribution in [0.1, 0.15) is 85.6 Å². The lowest BCUT2D eigenvalue weighted by atomic mass is 10.0. The minimum absolute atomic E-state index is 0.0149. The molecule has 14 heteroatoms. The van der Waals surface area contributed by atoms with Crippen molar-refractivity contribution in [3.8, 4) is 11.1 Å². The molecule has 1 amide bonds. The maximum atomic E-state index is 14.5. The van der Waals surface area contributed by atoms with Crippen molar-refractivity contribution in [3.05, 3.63) is 60.2 Å². The van der Waals surface area contributed by atoms with E-state index in [2.05, 4.69) is 10.6 Å². The van der Waals surface area contributed by atoms with Gasteiger partial charge in [0.2, 0.25) is 18.5 Å². The van der Waals surface area contributed by atoms with E-state index in [-0.39, 0.29) is 38.8 Å². The lowest BCUT2D eigenvalue weighted by molar-refractivity contribution is -0.178. The highest BCUT2D eigenvalue weighted by atomic mass is 31.2. The average molecular weight is 748 g/mol. The summed E-state index contributed by atoms with van der Waals surface area (Å²) >= 11 is 0. The Morgan fingerprint density at radius 1 is 0.750 bits per heavy atom. The maximum absolute atomic E-state index is 14.5. The first-order chi connectivity index (χ1) is 24.8. The molecule has 0 fully saturated rings. The number of hydrogen-bond acceptors (Lipinski definition) is 12. The maximum Gasteiger partial charge on any atom is 0.350 e. The summed E-state index contributed by atoms with van der Waals surface area (Å²) < 4.78 is 42.5. The van der Waals surface area contributed by atoms with E-state index in [9.17, 15) is 23.7 Å². The summed E-state index contributed by atoms with van der Waals surface area (Å²) in [6.45, 7) is 11.0. The smallest absolute Gasteiger partial charge is 0.350 e. The van der Waals surface area contributed by atoms with Crippen molar-refractivity contribution < 1.29 is 47.0 Å². The monoisotopic (exact) mass is 747 g/mol. The molecule has 3 unspecified atom stereocenters. The Morgan fingerprint density at radius 2 is 1.31 bits per heavy atom. The van der Waals surface area contributed by atoms with Crippen LogP contribution in [0.2, 0.25) is 0 Å². The second-order valence-corrected chi connectivity index (χ2v) is 15.0. The molecule has 2 aromatic carbocycles. The van der Waals surface area contributed by atoms with Crippen LogP contribution in [-0.4, -0.2) is 68.4 Å². The van der Waals surface area contributed by atoms with Gasteiger partial charge in [0.15, 0.2) is 0 Å². The molecule has 0 radical (unpaired) electrons. The number of benzene rings is 2. The molecule has 0 saturated heterocycles. The van der Waals surface area contributed by atoms with Gasteiger partial charge in [0.1, 0.15) is 0 Å². The number of ether oxygens (including phenoxy) is 3. The number of nitrogens with one attached hydrogen (secondary N) is 2. The van der Waals surface area contributed by atoms with Crippen molar-refractivity contribution in [3.63, 3.8) is 0 Å². The fourth-order valence-electron chi connectivity index (χ4n) is 4.67. The zero-order chi connectivity index (χ0) is 38.5. The van der Waals surface area contributed by atoms with Gasteiger partial charge in [0.05, 0.1) is 25.4 Å². The summed E-state index contributed by atoms with van der Waals surface area (Å²) in [7, 11) is -4.31. The van der Waals surface area contributed by atoms with E-state index >= 15 is 0 Å². The SMILES string of the molecule is CCC(=O)OC(OP(=O)(CNC(Cc1ccc(-c2ccccc2)cc1)C(=O)NCCC(=O)OCCCCCN)OC(OC(=O)CC)C(C)C)C(C)C. The number of hydrogen-bond donors (Lipinski definition) is 3. The minimum Gasteiger partial charge on any atom is -0.466 e. The number of unbranched alkanes of at least 4 members (excludes halogenated alkanes) is 2.